The van der Waals surface area contributed by atoms with Crippen molar-refractivity contribution in [3.8, 4) is 0 Å². The minimum Gasteiger partial charge on any atom is -0.373 e. The van der Waals surface area contributed by atoms with Gasteiger partial charge in [-0.05, 0) is 38.0 Å². The summed E-state index contributed by atoms with van der Waals surface area (Å²) in [5, 5.41) is 6.63. The van der Waals surface area contributed by atoms with Gasteiger partial charge in [-0.25, -0.2) is 9.97 Å². The molecule has 0 saturated carbocycles. The van der Waals surface area contributed by atoms with E-state index < -0.39 is 0 Å². The summed E-state index contributed by atoms with van der Waals surface area (Å²) >= 11 is 0. The van der Waals surface area contributed by atoms with Crippen molar-refractivity contribution in [2.75, 3.05) is 17.7 Å². The summed E-state index contributed by atoms with van der Waals surface area (Å²) < 4.78 is 0. The predicted molar refractivity (Wildman–Crippen MR) is 86.6 cm³/mol. The Morgan fingerprint density at radius 1 is 1.14 bits per heavy atom. The Morgan fingerprint density at radius 2 is 1.81 bits per heavy atom. The second-order valence-corrected chi connectivity index (χ2v) is 5.11. The lowest BCUT2D eigenvalue weighted by Gasteiger charge is -2.18. The molecule has 0 aliphatic rings. The molecule has 1 unspecified atom stereocenters. The highest BCUT2D eigenvalue weighted by molar-refractivity contribution is 5.57. The van der Waals surface area contributed by atoms with Crippen LogP contribution in [0.5, 0.6) is 0 Å². The molecule has 2 aromatic heterocycles. The van der Waals surface area contributed by atoms with Gasteiger partial charge in [0, 0.05) is 31.4 Å². The summed E-state index contributed by atoms with van der Waals surface area (Å²) in [7, 11) is 1.89. The molecule has 0 spiro atoms. The fourth-order valence-corrected chi connectivity index (χ4v) is 2.22. The molecule has 0 fully saturated rings. The molecule has 0 aliphatic heterocycles. The van der Waals surface area contributed by atoms with Crippen molar-refractivity contribution in [2.24, 2.45) is 0 Å². The molecule has 0 aromatic carbocycles. The predicted octanol–water partition coefficient (Wildman–Crippen LogP) is 3.35. The van der Waals surface area contributed by atoms with Gasteiger partial charge in [-0.1, -0.05) is 6.92 Å². The number of aryl methyl sites for hydroxylation is 1. The van der Waals surface area contributed by atoms with Crippen molar-refractivity contribution in [3.05, 3.63) is 41.5 Å². The van der Waals surface area contributed by atoms with Gasteiger partial charge in [-0.3, -0.25) is 4.98 Å². The largest absolute Gasteiger partial charge is 0.373 e. The minimum atomic E-state index is 0.167. The summed E-state index contributed by atoms with van der Waals surface area (Å²) in [5.41, 5.74) is 2.23. The fraction of sp³-hybridized carbons (Fsp3) is 0.438. The van der Waals surface area contributed by atoms with Crippen molar-refractivity contribution >= 4 is 11.6 Å². The molecule has 2 heterocycles. The third-order valence-corrected chi connectivity index (χ3v) is 3.46. The Hall–Kier alpha value is -2.17. The van der Waals surface area contributed by atoms with Crippen LogP contribution in [-0.2, 0) is 6.42 Å². The minimum absolute atomic E-state index is 0.167. The van der Waals surface area contributed by atoms with Crippen LogP contribution in [0.4, 0.5) is 11.6 Å². The van der Waals surface area contributed by atoms with Crippen molar-refractivity contribution < 1.29 is 0 Å². The van der Waals surface area contributed by atoms with Crippen LogP contribution >= 0.6 is 0 Å². The number of nitrogens with zero attached hydrogens (tertiary/aromatic N) is 3. The van der Waals surface area contributed by atoms with Gasteiger partial charge in [-0.2, -0.15) is 0 Å². The topological polar surface area (TPSA) is 62.7 Å². The highest BCUT2D eigenvalue weighted by Gasteiger charge is 2.13. The van der Waals surface area contributed by atoms with Crippen LogP contribution in [0, 0.1) is 6.92 Å². The van der Waals surface area contributed by atoms with E-state index in [0.717, 1.165) is 35.9 Å². The maximum Gasteiger partial charge on any atom is 0.135 e. The van der Waals surface area contributed by atoms with E-state index in [4.69, 9.17) is 0 Å². The summed E-state index contributed by atoms with van der Waals surface area (Å²) in [6, 6.07) is 4.20. The van der Waals surface area contributed by atoms with E-state index >= 15 is 0 Å². The maximum atomic E-state index is 4.66. The van der Waals surface area contributed by atoms with E-state index in [-0.39, 0.29) is 6.04 Å². The zero-order valence-corrected chi connectivity index (χ0v) is 13.1. The van der Waals surface area contributed by atoms with Crippen LogP contribution in [0.1, 0.15) is 43.3 Å². The number of pyridine rings is 1. The van der Waals surface area contributed by atoms with Gasteiger partial charge in [0.05, 0.1) is 6.04 Å². The SMILES string of the molecule is CCCc1nc(NC)c(C)c(NC(C)c2ccncc2)n1. The quantitative estimate of drug-likeness (QED) is 0.852. The van der Waals surface area contributed by atoms with E-state index in [1.54, 1.807) is 0 Å². The van der Waals surface area contributed by atoms with Crippen LogP contribution in [0.25, 0.3) is 0 Å². The van der Waals surface area contributed by atoms with E-state index in [1.807, 2.05) is 38.5 Å². The molecular formula is C16H23N5. The summed E-state index contributed by atoms with van der Waals surface area (Å²) in [4.78, 5) is 13.3. The van der Waals surface area contributed by atoms with E-state index in [9.17, 15) is 0 Å². The van der Waals surface area contributed by atoms with E-state index in [2.05, 4.69) is 39.4 Å². The molecule has 0 aliphatic carbocycles. The van der Waals surface area contributed by atoms with E-state index in [1.165, 1.54) is 5.56 Å². The number of rotatable bonds is 6. The number of hydrogen-bond donors (Lipinski definition) is 2. The van der Waals surface area contributed by atoms with Crippen LogP contribution in [0.3, 0.4) is 0 Å². The standard InChI is InChI=1S/C16H23N5/c1-5-6-14-20-15(17-4)11(2)16(21-14)19-12(3)13-7-9-18-10-8-13/h7-10,12H,5-6H2,1-4H3,(H2,17,19,20,21). The monoisotopic (exact) mass is 285 g/mol. The third kappa shape index (κ3) is 3.68. The number of nitrogens with one attached hydrogen (secondary N) is 2. The molecule has 0 radical (unpaired) electrons. The van der Waals surface area contributed by atoms with Crippen molar-refractivity contribution in [1.29, 1.82) is 0 Å². The second-order valence-electron chi connectivity index (χ2n) is 5.11. The molecule has 5 heteroatoms. The van der Waals surface area contributed by atoms with Gasteiger partial charge in [0.2, 0.25) is 0 Å². The summed E-state index contributed by atoms with van der Waals surface area (Å²) in [5.74, 6) is 2.65. The van der Waals surface area contributed by atoms with Gasteiger partial charge >= 0.3 is 0 Å². The Balaban J connectivity index is 2.28. The lowest BCUT2D eigenvalue weighted by atomic mass is 10.1. The average Bonchev–Trinajstić information content (AvgIpc) is 2.51. The first-order valence-electron chi connectivity index (χ1n) is 7.37. The normalized spacial score (nSPS) is 12.0. The lowest BCUT2D eigenvalue weighted by Crippen LogP contribution is -2.13. The van der Waals surface area contributed by atoms with Crippen LogP contribution < -0.4 is 10.6 Å². The molecule has 0 bridgehead atoms. The van der Waals surface area contributed by atoms with Gasteiger partial charge in [0.15, 0.2) is 0 Å². The van der Waals surface area contributed by atoms with Crippen LogP contribution in [0.15, 0.2) is 24.5 Å². The maximum absolute atomic E-state index is 4.66. The highest BCUT2D eigenvalue weighted by atomic mass is 15.1. The third-order valence-electron chi connectivity index (χ3n) is 3.46. The van der Waals surface area contributed by atoms with Crippen LogP contribution in [-0.4, -0.2) is 22.0 Å². The number of anilines is 2. The zero-order valence-electron chi connectivity index (χ0n) is 13.1. The van der Waals surface area contributed by atoms with Crippen molar-refractivity contribution in [3.63, 3.8) is 0 Å². The first-order chi connectivity index (χ1) is 10.2. The molecule has 2 aromatic rings. The molecule has 2 rings (SSSR count). The molecule has 21 heavy (non-hydrogen) atoms. The number of aromatic nitrogens is 3. The van der Waals surface area contributed by atoms with Crippen molar-refractivity contribution in [2.45, 2.75) is 39.7 Å². The summed E-state index contributed by atoms with van der Waals surface area (Å²) in [6.45, 7) is 6.29. The van der Waals surface area contributed by atoms with Gasteiger partial charge in [-0.15, -0.1) is 0 Å². The van der Waals surface area contributed by atoms with Crippen LogP contribution in [0.2, 0.25) is 0 Å². The molecule has 0 amide bonds. The van der Waals surface area contributed by atoms with Gasteiger partial charge < -0.3 is 10.6 Å². The molecule has 0 saturated heterocycles. The Labute approximate surface area is 126 Å². The molecule has 112 valence electrons. The first kappa shape index (κ1) is 15.2. The van der Waals surface area contributed by atoms with Gasteiger partial charge in [0.25, 0.3) is 0 Å². The van der Waals surface area contributed by atoms with Crippen molar-refractivity contribution in [1.82, 2.24) is 15.0 Å². The Bertz CT molecular complexity index is 583. The Kier molecular flexibility index (Phi) is 5.09. The summed E-state index contributed by atoms with van der Waals surface area (Å²) in [6.07, 6.45) is 5.53. The Morgan fingerprint density at radius 3 is 2.43 bits per heavy atom. The number of hydrogen-bond acceptors (Lipinski definition) is 5. The average molecular weight is 285 g/mol. The molecule has 2 N–H and O–H groups in total. The smallest absolute Gasteiger partial charge is 0.135 e. The first-order valence-corrected chi connectivity index (χ1v) is 7.37. The zero-order chi connectivity index (χ0) is 15.2. The molecule has 1 atom stereocenters. The fourth-order valence-electron chi connectivity index (χ4n) is 2.22. The highest BCUT2D eigenvalue weighted by Crippen LogP contribution is 2.24. The lowest BCUT2D eigenvalue weighted by molar-refractivity contribution is 0.815. The molecule has 5 nitrogen and oxygen atoms in total. The second kappa shape index (κ2) is 7.02. The van der Waals surface area contributed by atoms with E-state index in [0.29, 0.717) is 0 Å². The van der Waals surface area contributed by atoms with Gasteiger partial charge in [0.1, 0.15) is 17.5 Å². The molecular weight excluding hydrogens is 262 g/mol.